The minimum atomic E-state index is -0.218. The number of nitrogens with two attached hydrogens (primary N) is 1. The number of nitrogen functional groups attached to an aromatic ring is 1. The van der Waals surface area contributed by atoms with Crippen LogP contribution in [0.15, 0.2) is 21.3 Å². The topological polar surface area (TPSA) is 102 Å². The summed E-state index contributed by atoms with van der Waals surface area (Å²) in [6.07, 6.45) is 3.18. The SMILES string of the molecule is CCCc1c(N)ncnc1Sc1n[nH]c(=O)n1CC. The molecule has 0 aliphatic heterocycles. The van der Waals surface area contributed by atoms with Crippen molar-refractivity contribution in [2.45, 2.75) is 43.4 Å². The van der Waals surface area contributed by atoms with E-state index < -0.39 is 0 Å². The van der Waals surface area contributed by atoms with Crippen molar-refractivity contribution in [1.82, 2.24) is 24.7 Å². The summed E-state index contributed by atoms with van der Waals surface area (Å²) in [5.41, 5.74) is 6.57. The van der Waals surface area contributed by atoms with Gasteiger partial charge in [-0.2, -0.15) is 0 Å². The minimum absolute atomic E-state index is 0.218. The number of H-pyrrole nitrogens is 1. The molecule has 2 aromatic rings. The fraction of sp³-hybridized carbons (Fsp3) is 0.455. The number of rotatable bonds is 5. The molecular weight excluding hydrogens is 264 g/mol. The predicted molar refractivity (Wildman–Crippen MR) is 73.1 cm³/mol. The maximum atomic E-state index is 11.5. The molecule has 0 aromatic carbocycles. The molecule has 0 aliphatic rings. The van der Waals surface area contributed by atoms with Crippen LogP contribution < -0.4 is 11.4 Å². The molecule has 0 unspecified atom stereocenters. The van der Waals surface area contributed by atoms with E-state index in [1.807, 2.05) is 6.92 Å². The standard InChI is InChI=1S/C11H16N6OS/c1-3-5-7-8(12)13-6-14-9(7)19-11-16-15-10(18)17(11)4-2/h6H,3-5H2,1-2H3,(H,15,18)(H2,12,13,14). The number of nitrogens with zero attached hydrogens (tertiary/aromatic N) is 4. The molecule has 0 saturated heterocycles. The zero-order valence-electron chi connectivity index (χ0n) is 10.9. The van der Waals surface area contributed by atoms with E-state index in [-0.39, 0.29) is 5.69 Å². The molecule has 0 radical (unpaired) electrons. The molecule has 2 heterocycles. The Balaban J connectivity index is 2.37. The van der Waals surface area contributed by atoms with Crippen LogP contribution >= 0.6 is 11.8 Å². The van der Waals surface area contributed by atoms with Crippen LogP contribution in [-0.2, 0) is 13.0 Å². The van der Waals surface area contributed by atoms with Gasteiger partial charge in [0.1, 0.15) is 17.2 Å². The average molecular weight is 280 g/mol. The van der Waals surface area contributed by atoms with Gasteiger partial charge >= 0.3 is 5.69 Å². The lowest BCUT2D eigenvalue weighted by Crippen LogP contribution is -2.16. The molecule has 0 fully saturated rings. The molecule has 0 aliphatic carbocycles. The molecule has 2 aromatic heterocycles. The van der Waals surface area contributed by atoms with Gasteiger partial charge in [0.05, 0.1) is 0 Å². The van der Waals surface area contributed by atoms with Gasteiger partial charge in [-0.25, -0.2) is 19.9 Å². The number of nitrogens with one attached hydrogen (secondary N) is 1. The van der Waals surface area contributed by atoms with Crippen LogP contribution in [0.3, 0.4) is 0 Å². The summed E-state index contributed by atoms with van der Waals surface area (Å²) in [5.74, 6) is 0.486. The third kappa shape index (κ3) is 2.78. The number of aromatic nitrogens is 5. The van der Waals surface area contributed by atoms with E-state index in [0.717, 1.165) is 23.4 Å². The van der Waals surface area contributed by atoms with E-state index in [0.29, 0.717) is 17.5 Å². The summed E-state index contributed by atoms with van der Waals surface area (Å²) in [7, 11) is 0. The first kappa shape index (κ1) is 13.6. The zero-order valence-corrected chi connectivity index (χ0v) is 11.7. The lowest BCUT2D eigenvalue weighted by atomic mass is 10.2. The molecular formula is C11H16N6OS. The first-order valence-electron chi connectivity index (χ1n) is 6.09. The maximum absolute atomic E-state index is 11.5. The summed E-state index contributed by atoms with van der Waals surface area (Å²) in [5, 5.41) is 7.78. The lowest BCUT2D eigenvalue weighted by Gasteiger charge is -2.08. The third-order valence-electron chi connectivity index (χ3n) is 2.67. The van der Waals surface area contributed by atoms with E-state index in [1.165, 1.54) is 18.1 Å². The normalized spacial score (nSPS) is 10.8. The Hall–Kier alpha value is -1.83. The summed E-state index contributed by atoms with van der Waals surface area (Å²) >= 11 is 1.33. The molecule has 0 amide bonds. The van der Waals surface area contributed by atoms with Crippen molar-refractivity contribution in [2.75, 3.05) is 5.73 Å². The predicted octanol–water partition coefficient (Wildman–Crippen LogP) is 1.07. The third-order valence-corrected chi connectivity index (χ3v) is 3.71. The summed E-state index contributed by atoms with van der Waals surface area (Å²) in [6, 6.07) is 0. The first-order valence-corrected chi connectivity index (χ1v) is 6.91. The van der Waals surface area contributed by atoms with Crippen molar-refractivity contribution in [1.29, 1.82) is 0 Å². The van der Waals surface area contributed by atoms with Gasteiger partial charge in [-0.1, -0.05) is 13.3 Å². The number of hydrogen-bond acceptors (Lipinski definition) is 6. The fourth-order valence-electron chi connectivity index (χ4n) is 1.73. The smallest absolute Gasteiger partial charge is 0.343 e. The minimum Gasteiger partial charge on any atom is -0.383 e. The van der Waals surface area contributed by atoms with Crippen molar-refractivity contribution in [3.8, 4) is 0 Å². The van der Waals surface area contributed by atoms with E-state index in [9.17, 15) is 4.79 Å². The van der Waals surface area contributed by atoms with Crippen LogP contribution in [0.2, 0.25) is 0 Å². The Morgan fingerprint density at radius 1 is 1.42 bits per heavy atom. The quantitative estimate of drug-likeness (QED) is 0.794. The highest BCUT2D eigenvalue weighted by molar-refractivity contribution is 7.99. The van der Waals surface area contributed by atoms with Gasteiger partial charge < -0.3 is 5.73 Å². The van der Waals surface area contributed by atoms with Crippen LogP contribution in [0.25, 0.3) is 0 Å². The fourth-order valence-corrected chi connectivity index (χ4v) is 2.74. The molecule has 19 heavy (non-hydrogen) atoms. The molecule has 0 bridgehead atoms. The van der Waals surface area contributed by atoms with Crippen LogP contribution in [0.1, 0.15) is 25.8 Å². The van der Waals surface area contributed by atoms with Crippen molar-refractivity contribution in [2.24, 2.45) is 0 Å². The van der Waals surface area contributed by atoms with Crippen LogP contribution in [-0.4, -0.2) is 24.7 Å². The molecule has 0 spiro atoms. The van der Waals surface area contributed by atoms with Gasteiger partial charge in [0.2, 0.25) is 0 Å². The molecule has 7 nitrogen and oxygen atoms in total. The first-order chi connectivity index (χ1) is 9.17. The van der Waals surface area contributed by atoms with E-state index in [2.05, 4.69) is 27.1 Å². The van der Waals surface area contributed by atoms with Gasteiger partial charge in [0.25, 0.3) is 0 Å². The van der Waals surface area contributed by atoms with E-state index >= 15 is 0 Å². The second-order valence-corrected chi connectivity index (χ2v) is 4.91. The van der Waals surface area contributed by atoms with E-state index in [1.54, 1.807) is 4.57 Å². The van der Waals surface area contributed by atoms with Crippen LogP contribution in [0.4, 0.5) is 5.82 Å². The molecule has 8 heteroatoms. The van der Waals surface area contributed by atoms with Gasteiger partial charge in [-0.15, -0.1) is 5.10 Å². The average Bonchev–Trinajstić information content (AvgIpc) is 2.74. The van der Waals surface area contributed by atoms with E-state index in [4.69, 9.17) is 5.73 Å². The van der Waals surface area contributed by atoms with Crippen molar-refractivity contribution in [3.05, 3.63) is 22.4 Å². The Bertz CT molecular complexity index is 620. The van der Waals surface area contributed by atoms with Gasteiger partial charge in [-0.3, -0.25) is 4.57 Å². The number of aromatic amines is 1. The largest absolute Gasteiger partial charge is 0.383 e. The van der Waals surface area contributed by atoms with Crippen molar-refractivity contribution in [3.63, 3.8) is 0 Å². The molecule has 0 atom stereocenters. The Morgan fingerprint density at radius 3 is 2.89 bits per heavy atom. The Labute approximate surface area is 114 Å². The summed E-state index contributed by atoms with van der Waals surface area (Å²) in [4.78, 5) is 19.8. The van der Waals surface area contributed by atoms with Crippen LogP contribution in [0, 0.1) is 0 Å². The highest BCUT2D eigenvalue weighted by Crippen LogP contribution is 2.29. The summed E-state index contributed by atoms with van der Waals surface area (Å²) < 4.78 is 1.55. The maximum Gasteiger partial charge on any atom is 0.343 e. The Kier molecular flexibility index (Phi) is 4.20. The highest BCUT2D eigenvalue weighted by Gasteiger charge is 2.14. The molecule has 3 N–H and O–H groups in total. The highest BCUT2D eigenvalue weighted by atomic mass is 32.2. The summed E-state index contributed by atoms with van der Waals surface area (Å²) in [6.45, 7) is 4.51. The van der Waals surface area contributed by atoms with Gasteiger partial charge in [0.15, 0.2) is 5.16 Å². The van der Waals surface area contributed by atoms with Gasteiger partial charge in [0, 0.05) is 12.1 Å². The second-order valence-electron chi connectivity index (χ2n) is 3.95. The van der Waals surface area contributed by atoms with Gasteiger partial charge in [-0.05, 0) is 25.1 Å². The number of hydrogen-bond donors (Lipinski definition) is 2. The Morgan fingerprint density at radius 2 is 2.21 bits per heavy atom. The second kappa shape index (κ2) is 5.87. The lowest BCUT2D eigenvalue weighted by molar-refractivity contribution is 0.659. The number of anilines is 1. The molecule has 2 rings (SSSR count). The molecule has 0 saturated carbocycles. The molecule has 102 valence electrons. The van der Waals surface area contributed by atoms with Crippen LogP contribution in [0.5, 0.6) is 0 Å². The monoisotopic (exact) mass is 280 g/mol. The zero-order chi connectivity index (χ0) is 13.8. The van der Waals surface area contributed by atoms with Crippen molar-refractivity contribution >= 4 is 17.6 Å². The van der Waals surface area contributed by atoms with Crippen molar-refractivity contribution < 1.29 is 0 Å².